The van der Waals surface area contributed by atoms with Gasteiger partial charge in [0.2, 0.25) is 0 Å². The maximum atomic E-state index is 12.8. The molecule has 0 atom stereocenters. The fraction of sp³-hybridized carbons (Fsp3) is 0.100. The van der Waals surface area contributed by atoms with E-state index in [0.29, 0.717) is 0 Å². The zero-order chi connectivity index (χ0) is 17.3. The van der Waals surface area contributed by atoms with Crippen LogP contribution < -0.4 is 10.6 Å². The molecule has 0 unspecified atom stereocenters. The van der Waals surface area contributed by atoms with Crippen molar-refractivity contribution in [2.75, 3.05) is 7.11 Å². The van der Waals surface area contributed by atoms with Crippen LogP contribution in [0.5, 0.6) is 0 Å². The SMILES string of the molecule is COP(=O)(c1ccccc1)c1ccccc1.[O]Cc1ccccc1. The third-order valence-corrected chi connectivity index (χ3v) is 5.93. The molecule has 0 aromatic heterocycles. The monoisotopic (exact) mass is 339 g/mol. The molecule has 3 aromatic rings. The van der Waals surface area contributed by atoms with Crippen molar-refractivity contribution in [1.82, 2.24) is 0 Å². The zero-order valence-electron chi connectivity index (χ0n) is 13.5. The van der Waals surface area contributed by atoms with Gasteiger partial charge in [0.25, 0.3) is 7.37 Å². The van der Waals surface area contributed by atoms with E-state index in [9.17, 15) is 9.67 Å². The van der Waals surface area contributed by atoms with Gasteiger partial charge in [-0.15, -0.1) is 0 Å². The highest BCUT2D eigenvalue weighted by Gasteiger charge is 2.26. The van der Waals surface area contributed by atoms with Crippen LogP contribution in [0.25, 0.3) is 0 Å². The second-order valence-corrected chi connectivity index (χ2v) is 7.54. The summed E-state index contributed by atoms with van der Waals surface area (Å²) < 4.78 is 18.0. The molecular weight excluding hydrogens is 319 g/mol. The fourth-order valence-electron chi connectivity index (χ4n) is 2.18. The maximum Gasteiger partial charge on any atom is 0.261 e. The second-order valence-electron chi connectivity index (χ2n) is 5.04. The van der Waals surface area contributed by atoms with Crippen molar-refractivity contribution in [3.63, 3.8) is 0 Å². The molecule has 3 rings (SSSR count). The molecular formula is C20H20O3P. The number of hydrogen-bond donors (Lipinski definition) is 0. The molecule has 3 aromatic carbocycles. The summed E-state index contributed by atoms with van der Waals surface area (Å²) in [5.41, 5.74) is 0.854. The van der Waals surface area contributed by atoms with Gasteiger partial charge in [0.05, 0.1) is 0 Å². The third kappa shape index (κ3) is 4.65. The first-order chi connectivity index (χ1) is 11.7. The highest BCUT2D eigenvalue weighted by Crippen LogP contribution is 2.43. The predicted octanol–water partition coefficient (Wildman–Crippen LogP) is 4.18. The van der Waals surface area contributed by atoms with E-state index in [1.165, 1.54) is 7.11 Å². The first kappa shape index (κ1) is 18.2. The van der Waals surface area contributed by atoms with Gasteiger partial charge in [0, 0.05) is 17.7 Å². The first-order valence-electron chi connectivity index (χ1n) is 7.59. The summed E-state index contributed by atoms with van der Waals surface area (Å²) in [5.74, 6) is 0. The summed E-state index contributed by atoms with van der Waals surface area (Å²) in [4.78, 5) is 0. The number of benzene rings is 3. The van der Waals surface area contributed by atoms with Crippen LogP contribution in [-0.2, 0) is 20.8 Å². The summed E-state index contributed by atoms with van der Waals surface area (Å²) in [6.45, 7) is -0.110. The molecule has 4 heteroatoms. The third-order valence-electron chi connectivity index (χ3n) is 3.46. The van der Waals surface area contributed by atoms with Crippen LogP contribution in [0.1, 0.15) is 5.56 Å². The van der Waals surface area contributed by atoms with E-state index in [-0.39, 0.29) is 6.61 Å². The van der Waals surface area contributed by atoms with Crippen molar-refractivity contribution in [1.29, 1.82) is 0 Å². The van der Waals surface area contributed by atoms with Gasteiger partial charge in [-0.3, -0.25) is 4.57 Å². The lowest BCUT2D eigenvalue weighted by Crippen LogP contribution is -2.16. The Labute approximate surface area is 143 Å². The Hall–Kier alpha value is -2.19. The van der Waals surface area contributed by atoms with Crippen LogP contribution in [0, 0.1) is 0 Å². The first-order valence-corrected chi connectivity index (χ1v) is 9.22. The van der Waals surface area contributed by atoms with Crippen LogP contribution in [0.15, 0.2) is 91.0 Å². The maximum absolute atomic E-state index is 12.8. The van der Waals surface area contributed by atoms with Crippen molar-refractivity contribution >= 4 is 18.0 Å². The molecule has 0 aliphatic carbocycles. The Morgan fingerprint density at radius 2 is 1.08 bits per heavy atom. The van der Waals surface area contributed by atoms with E-state index in [4.69, 9.17) is 4.52 Å². The smallest absolute Gasteiger partial charge is 0.261 e. The molecule has 0 amide bonds. The van der Waals surface area contributed by atoms with Crippen LogP contribution >= 0.6 is 7.37 Å². The van der Waals surface area contributed by atoms with Crippen molar-refractivity contribution in [3.05, 3.63) is 96.6 Å². The summed E-state index contributed by atoms with van der Waals surface area (Å²) in [5, 5.41) is 11.6. The molecule has 0 aliphatic rings. The average molecular weight is 339 g/mol. The highest BCUT2D eigenvalue weighted by atomic mass is 31.2. The Balaban J connectivity index is 0.000000219. The lowest BCUT2D eigenvalue weighted by molar-refractivity contribution is 0.177. The molecule has 3 nitrogen and oxygen atoms in total. The summed E-state index contributed by atoms with van der Waals surface area (Å²) in [7, 11) is -1.42. The van der Waals surface area contributed by atoms with Crippen molar-refractivity contribution in [2.45, 2.75) is 6.61 Å². The Bertz CT molecular complexity index is 715. The van der Waals surface area contributed by atoms with Gasteiger partial charge in [0.15, 0.2) is 0 Å². The van der Waals surface area contributed by atoms with E-state index in [1.54, 1.807) is 0 Å². The molecule has 24 heavy (non-hydrogen) atoms. The molecule has 0 saturated heterocycles. The van der Waals surface area contributed by atoms with Crippen LogP contribution in [0.3, 0.4) is 0 Å². The molecule has 1 radical (unpaired) electrons. The molecule has 0 aliphatic heterocycles. The van der Waals surface area contributed by atoms with Crippen LogP contribution in [-0.4, -0.2) is 7.11 Å². The molecule has 0 bridgehead atoms. The van der Waals surface area contributed by atoms with Gasteiger partial charge in [-0.2, -0.15) is 0 Å². The van der Waals surface area contributed by atoms with E-state index >= 15 is 0 Å². The van der Waals surface area contributed by atoms with E-state index < -0.39 is 7.37 Å². The Morgan fingerprint density at radius 1 is 0.708 bits per heavy atom. The standard InChI is InChI=1S/C13H13O2P.C7H7O/c1-15-16(14,12-8-4-2-5-9-12)13-10-6-3-7-11-13;8-6-7-4-2-1-3-5-7/h2-11H,1H3;1-5H,6H2. The second kappa shape index (κ2) is 9.19. The van der Waals surface area contributed by atoms with Crippen molar-refractivity contribution < 1.29 is 14.2 Å². The van der Waals surface area contributed by atoms with Gasteiger partial charge in [-0.25, -0.2) is 5.11 Å². The highest BCUT2D eigenvalue weighted by molar-refractivity contribution is 7.74. The largest absolute Gasteiger partial charge is 0.325 e. The van der Waals surface area contributed by atoms with Crippen molar-refractivity contribution in [2.24, 2.45) is 0 Å². The van der Waals surface area contributed by atoms with Gasteiger partial charge in [-0.1, -0.05) is 66.7 Å². The Morgan fingerprint density at radius 3 is 1.38 bits per heavy atom. The topological polar surface area (TPSA) is 46.2 Å². The van der Waals surface area contributed by atoms with Crippen LogP contribution in [0.4, 0.5) is 0 Å². The molecule has 123 valence electrons. The summed E-state index contributed by atoms with van der Waals surface area (Å²) in [6.07, 6.45) is 0. The number of hydrogen-bond acceptors (Lipinski definition) is 2. The predicted molar refractivity (Wildman–Crippen MR) is 97.6 cm³/mol. The van der Waals surface area contributed by atoms with E-state index in [0.717, 1.165) is 16.2 Å². The van der Waals surface area contributed by atoms with Crippen LogP contribution in [0.2, 0.25) is 0 Å². The molecule has 0 heterocycles. The quantitative estimate of drug-likeness (QED) is 0.670. The molecule has 0 spiro atoms. The number of rotatable bonds is 4. The molecule has 0 N–H and O–H groups in total. The normalized spacial score (nSPS) is 10.6. The Kier molecular flexibility index (Phi) is 6.95. The minimum absolute atomic E-state index is 0.110. The summed E-state index contributed by atoms with van der Waals surface area (Å²) >= 11 is 0. The lowest BCUT2D eigenvalue weighted by atomic mass is 10.2. The lowest BCUT2D eigenvalue weighted by Gasteiger charge is -2.16. The average Bonchev–Trinajstić information content (AvgIpc) is 2.70. The van der Waals surface area contributed by atoms with Gasteiger partial charge in [-0.05, 0) is 29.8 Å². The molecule has 0 fully saturated rings. The van der Waals surface area contributed by atoms with Gasteiger partial charge in [0.1, 0.15) is 6.61 Å². The molecule has 0 saturated carbocycles. The van der Waals surface area contributed by atoms with E-state index in [1.807, 2.05) is 91.0 Å². The minimum Gasteiger partial charge on any atom is -0.325 e. The zero-order valence-corrected chi connectivity index (χ0v) is 14.4. The minimum atomic E-state index is -2.90. The fourth-order valence-corrected chi connectivity index (χ4v) is 4.03. The van der Waals surface area contributed by atoms with Gasteiger partial charge >= 0.3 is 0 Å². The van der Waals surface area contributed by atoms with Gasteiger partial charge < -0.3 is 4.52 Å². The summed E-state index contributed by atoms with van der Waals surface area (Å²) in [6, 6.07) is 27.9. The van der Waals surface area contributed by atoms with Crippen molar-refractivity contribution in [3.8, 4) is 0 Å². The van der Waals surface area contributed by atoms with E-state index in [2.05, 4.69) is 0 Å².